The van der Waals surface area contributed by atoms with E-state index in [0.717, 1.165) is 6.07 Å². The van der Waals surface area contributed by atoms with E-state index < -0.39 is 23.9 Å². The van der Waals surface area contributed by atoms with Gasteiger partial charge in [-0.3, -0.25) is 0 Å². The summed E-state index contributed by atoms with van der Waals surface area (Å²) in [6.45, 7) is 0. The van der Waals surface area contributed by atoms with Crippen LogP contribution in [-0.4, -0.2) is 17.0 Å². The monoisotopic (exact) mass is 196 g/mol. The van der Waals surface area contributed by atoms with Gasteiger partial charge in [-0.2, -0.15) is 0 Å². The predicted octanol–water partition coefficient (Wildman–Crippen LogP) is 1.12. The van der Waals surface area contributed by atoms with Crippen LogP contribution in [0, 0.1) is 5.82 Å². The molecule has 0 aliphatic carbocycles. The summed E-state index contributed by atoms with van der Waals surface area (Å²) in [7, 11) is 0. The number of carboxylic acid groups (broad SMARTS) is 1. The molecular weight excluding hydrogens is 191 g/mol. The van der Waals surface area contributed by atoms with Gasteiger partial charge in [-0.15, -0.1) is 0 Å². The predicted molar refractivity (Wildman–Crippen MR) is 42.2 cm³/mol. The van der Waals surface area contributed by atoms with Gasteiger partial charge in [0.15, 0.2) is 0 Å². The molecule has 72 valence electrons. The molecule has 0 saturated carbocycles. The van der Waals surface area contributed by atoms with Crippen molar-refractivity contribution in [3.63, 3.8) is 0 Å². The summed E-state index contributed by atoms with van der Waals surface area (Å²) in [6, 6.07) is 3.79. The lowest BCUT2D eigenvalue weighted by Crippen LogP contribution is -2.10. The van der Waals surface area contributed by atoms with Gasteiger partial charge in [0.1, 0.15) is 11.4 Å². The van der Waals surface area contributed by atoms with Crippen molar-refractivity contribution in [1.29, 1.82) is 0 Å². The number of ether oxygens (including phenoxy) is 1. The SMILES string of the molecule is O=C1OC(C(=O)O)c2cccc(F)c21. The van der Waals surface area contributed by atoms with Gasteiger partial charge in [0, 0.05) is 5.56 Å². The lowest BCUT2D eigenvalue weighted by molar-refractivity contribution is -0.146. The van der Waals surface area contributed by atoms with Crippen LogP contribution >= 0.6 is 0 Å². The number of benzene rings is 1. The second kappa shape index (κ2) is 2.80. The van der Waals surface area contributed by atoms with E-state index in [0.29, 0.717) is 0 Å². The minimum absolute atomic E-state index is 0.0718. The summed E-state index contributed by atoms with van der Waals surface area (Å²) in [5.41, 5.74) is -0.206. The Hall–Kier alpha value is -1.91. The highest BCUT2D eigenvalue weighted by Gasteiger charge is 2.37. The molecule has 1 unspecified atom stereocenters. The first-order chi connectivity index (χ1) is 6.61. The lowest BCUT2D eigenvalue weighted by Gasteiger charge is -2.02. The number of carbonyl (C=O) groups excluding carboxylic acids is 1. The van der Waals surface area contributed by atoms with Gasteiger partial charge in [-0.25, -0.2) is 14.0 Å². The van der Waals surface area contributed by atoms with Gasteiger partial charge in [0.05, 0.1) is 0 Å². The van der Waals surface area contributed by atoms with Crippen LogP contribution in [0.2, 0.25) is 0 Å². The van der Waals surface area contributed by atoms with Gasteiger partial charge >= 0.3 is 11.9 Å². The molecule has 14 heavy (non-hydrogen) atoms. The highest BCUT2D eigenvalue weighted by molar-refractivity contribution is 5.98. The van der Waals surface area contributed by atoms with E-state index >= 15 is 0 Å². The fraction of sp³-hybridized carbons (Fsp3) is 0.111. The molecule has 0 radical (unpaired) electrons. The third-order valence-corrected chi connectivity index (χ3v) is 1.98. The maximum Gasteiger partial charge on any atom is 0.349 e. The van der Waals surface area contributed by atoms with E-state index in [1.807, 2.05) is 0 Å². The zero-order chi connectivity index (χ0) is 10.3. The van der Waals surface area contributed by atoms with Crippen molar-refractivity contribution < 1.29 is 23.8 Å². The molecule has 0 saturated heterocycles. The number of carbonyl (C=O) groups is 2. The molecule has 1 heterocycles. The van der Waals surface area contributed by atoms with Crippen LogP contribution in [0.3, 0.4) is 0 Å². The van der Waals surface area contributed by atoms with Crippen molar-refractivity contribution in [2.24, 2.45) is 0 Å². The van der Waals surface area contributed by atoms with E-state index in [-0.39, 0.29) is 11.1 Å². The quantitative estimate of drug-likeness (QED) is 0.683. The van der Waals surface area contributed by atoms with E-state index in [4.69, 9.17) is 5.11 Å². The molecule has 0 spiro atoms. The minimum atomic E-state index is -1.38. The summed E-state index contributed by atoms with van der Waals surface area (Å²) in [5, 5.41) is 8.67. The number of hydrogen-bond donors (Lipinski definition) is 1. The van der Waals surface area contributed by atoms with E-state index in [1.165, 1.54) is 12.1 Å². The Bertz CT molecular complexity index is 427. The molecule has 1 aromatic carbocycles. The smallest absolute Gasteiger partial charge is 0.349 e. The number of carboxylic acids is 1. The summed E-state index contributed by atoms with van der Waals surface area (Å²) in [6.07, 6.45) is -1.38. The number of cyclic esters (lactones) is 1. The fourth-order valence-electron chi connectivity index (χ4n) is 1.39. The molecule has 0 aromatic heterocycles. The highest BCUT2D eigenvalue weighted by atomic mass is 19.1. The molecule has 4 nitrogen and oxygen atoms in total. The molecule has 0 bridgehead atoms. The van der Waals surface area contributed by atoms with E-state index in [9.17, 15) is 14.0 Å². The standard InChI is InChI=1S/C9H5FO4/c10-5-3-1-2-4-6(5)9(13)14-7(4)8(11)12/h1-3,7H,(H,11,12). The summed E-state index contributed by atoms with van der Waals surface area (Å²) < 4.78 is 17.6. The molecule has 5 heteroatoms. The average molecular weight is 196 g/mol. The average Bonchev–Trinajstić information content (AvgIpc) is 2.45. The van der Waals surface area contributed by atoms with Crippen LogP contribution in [0.1, 0.15) is 22.0 Å². The largest absolute Gasteiger partial charge is 0.478 e. The van der Waals surface area contributed by atoms with Crippen LogP contribution in [0.25, 0.3) is 0 Å². The van der Waals surface area contributed by atoms with Crippen molar-refractivity contribution in [2.75, 3.05) is 0 Å². The van der Waals surface area contributed by atoms with Gasteiger partial charge < -0.3 is 9.84 Å². The number of fused-ring (bicyclic) bond motifs is 1. The minimum Gasteiger partial charge on any atom is -0.478 e. The van der Waals surface area contributed by atoms with Crippen molar-refractivity contribution in [2.45, 2.75) is 6.10 Å². The molecule has 1 aliphatic rings. The van der Waals surface area contributed by atoms with E-state index in [2.05, 4.69) is 4.74 Å². The number of rotatable bonds is 1. The number of halogens is 1. The van der Waals surface area contributed by atoms with Gasteiger partial charge in [-0.1, -0.05) is 12.1 Å². The topological polar surface area (TPSA) is 63.6 Å². The first kappa shape index (κ1) is 8.68. The second-order valence-electron chi connectivity index (χ2n) is 2.83. The first-order valence-electron chi connectivity index (χ1n) is 3.83. The molecule has 2 rings (SSSR count). The zero-order valence-corrected chi connectivity index (χ0v) is 6.86. The molecule has 1 atom stereocenters. The number of esters is 1. The number of aliphatic carboxylic acids is 1. The summed E-state index contributed by atoms with van der Waals surface area (Å²) in [5.74, 6) is -2.98. The van der Waals surface area contributed by atoms with Crippen molar-refractivity contribution in [3.05, 3.63) is 35.1 Å². The third kappa shape index (κ3) is 1.06. The third-order valence-electron chi connectivity index (χ3n) is 1.98. The summed E-state index contributed by atoms with van der Waals surface area (Å²) >= 11 is 0. The van der Waals surface area contributed by atoms with Crippen LogP contribution in [-0.2, 0) is 9.53 Å². The molecular formula is C9H5FO4. The molecule has 1 N–H and O–H groups in total. The maximum atomic E-state index is 13.1. The van der Waals surface area contributed by atoms with Crippen LogP contribution < -0.4 is 0 Å². The van der Waals surface area contributed by atoms with Crippen LogP contribution in [0.5, 0.6) is 0 Å². The summed E-state index contributed by atoms with van der Waals surface area (Å²) in [4.78, 5) is 21.7. The lowest BCUT2D eigenvalue weighted by atomic mass is 10.1. The fourth-order valence-corrected chi connectivity index (χ4v) is 1.39. The number of hydrogen-bond acceptors (Lipinski definition) is 3. The van der Waals surface area contributed by atoms with Gasteiger partial charge in [0.2, 0.25) is 6.10 Å². The van der Waals surface area contributed by atoms with Crippen LogP contribution in [0.15, 0.2) is 18.2 Å². The molecule has 1 aliphatic heterocycles. The van der Waals surface area contributed by atoms with Gasteiger partial charge in [0.25, 0.3) is 0 Å². The normalized spacial score (nSPS) is 18.9. The van der Waals surface area contributed by atoms with Crippen molar-refractivity contribution in [3.8, 4) is 0 Å². The highest BCUT2D eigenvalue weighted by Crippen LogP contribution is 2.31. The molecule has 1 aromatic rings. The Morgan fingerprint density at radius 2 is 2.21 bits per heavy atom. The molecule has 0 fully saturated rings. The van der Waals surface area contributed by atoms with E-state index in [1.54, 1.807) is 0 Å². The first-order valence-corrected chi connectivity index (χ1v) is 3.83. The second-order valence-corrected chi connectivity index (χ2v) is 2.83. The Morgan fingerprint density at radius 3 is 2.86 bits per heavy atom. The van der Waals surface area contributed by atoms with Crippen LogP contribution in [0.4, 0.5) is 4.39 Å². The van der Waals surface area contributed by atoms with Crippen molar-refractivity contribution >= 4 is 11.9 Å². The Morgan fingerprint density at radius 1 is 1.50 bits per heavy atom. The van der Waals surface area contributed by atoms with Crippen molar-refractivity contribution in [1.82, 2.24) is 0 Å². The molecule has 0 amide bonds. The zero-order valence-electron chi connectivity index (χ0n) is 6.86. The van der Waals surface area contributed by atoms with Gasteiger partial charge in [-0.05, 0) is 6.07 Å². The Labute approximate surface area is 77.9 Å². The Kier molecular flexibility index (Phi) is 1.73. The maximum absolute atomic E-state index is 13.1. The Balaban J connectivity index is 2.60.